The monoisotopic (exact) mass is 214 g/mol. The minimum atomic E-state index is -1.14. The van der Waals surface area contributed by atoms with Crippen LogP contribution in [0.5, 0.6) is 0 Å². The van der Waals surface area contributed by atoms with Gasteiger partial charge in [0.1, 0.15) is 12.2 Å². The number of aliphatic carboxylic acids is 1. The Balaban J connectivity index is 3.45. The van der Waals surface area contributed by atoms with Crippen molar-refractivity contribution in [1.82, 2.24) is 0 Å². The van der Waals surface area contributed by atoms with Crippen molar-refractivity contribution in [3.05, 3.63) is 12.7 Å². The van der Waals surface area contributed by atoms with Crippen molar-refractivity contribution in [3.8, 4) is 0 Å². The molecule has 0 aliphatic heterocycles. The molecule has 5 nitrogen and oxygen atoms in total. The second kappa shape index (κ2) is 7.73. The van der Waals surface area contributed by atoms with Crippen LogP contribution in [0, 0.1) is 0 Å². The molecule has 15 heavy (non-hydrogen) atoms. The lowest BCUT2D eigenvalue weighted by atomic mass is 10.2. The van der Waals surface area contributed by atoms with Crippen molar-refractivity contribution in [2.24, 2.45) is 0 Å². The predicted molar refractivity (Wildman–Crippen MR) is 52.3 cm³/mol. The third-order valence-corrected chi connectivity index (χ3v) is 1.52. The van der Waals surface area contributed by atoms with Crippen LogP contribution in [0.1, 0.15) is 25.7 Å². The highest BCUT2D eigenvalue weighted by Gasteiger charge is 2.07. The molecular formula is C10H14O5. The minimum Gasteiger partial charge on any atom is -0.481 e. The van der Waals surface area contributed by atoms with Crippen molar-refractivity contribution in [2.75, 3.05) is 6.61 Å². The van der Waals surface area contributed by atoms with Crippen molar-refractivity contribution < 1.29 is 24.2 Å². The first-order chi connectivity index (χ1) is 7.06. The van der Waals surface area contributed by atoms with Crippen LogP contribution in [-0.2, 0) is 19.1 Å². The number of carbonyl (C=O) groups is 3. The van der Waals surface area contributed by atoms with Gasteiger partial charge in [0.15, 0.2) is 0 Å². The number of rotatable bonds is 8. The summed E-state index contributed by atoms with van der Waals surface area (Å²) in [5.74, 6) is -1.89. The first-order valence-corrected chi connectivity index (χ1v) is 4.56. The Morgan fingerprint density at radius 3 is 2.53 bits per heavy atom. The molecule has 0 aromatic carbocycles. The van der Waals surface area contributed by atoms with Gasteiger partial charge in [-0.1, -0.05) is 6.08 Å². The van der Waals surface area contributed by atoms with Gasteiger partial charge >= 0.3 is 11.9 Å². The molecule has 0 heterocycles. The van der Waals surface area contributed by atoms with Gasteiger partial charge in [0, 0.05) is 6.42 Å². The van der Waals surface area contributed by atoms with E-state index in [1.807, 2.05) is 0 Å². The number of hydrogen-bond donors (Lipinski definition) is 1. The SMILES string of the molecule is C=CCC(=O)OCCCC(=O)CC(=O)O. The summed E-state index contributed by atoms with van der Waals surface area (Å²) in [6.45, 7) is 3.51. The van der Waals surface area contributed by atoms with E-state index in [1.165, 1.54) is 6.08 Å². The van der Waals surface area contributed by atoms with Gasteiger partial charge in [0.25, 0.3) is 0 Å². The van der Waals surface area contributed by atoms with Gasteiger partial charge in [-0.2, -0.15) is 0 Å². The van der Waals surface area contributed by atoms with E-state index in [9.17, 15) is 14.4 Å². The van der Waals surface area contributed by atoms with Crippen LogP contribution in [0.4, 0.5) is 0 Å². The predicted octanol–water partition coefficient (Wildman–Crippen LogP) is 0.930. The van der Waals surface area contributed by atoms with E-state index in [0.717, 1.165) is 0 Å². The zero-order valence-corrected chi connectivity index (χ0v) is 8.40. The molecule has 0 amide bonds. The molecule has 0 saturated heterocycles. The number of Topliss-reactive ketones (excluding diaryl/α,β-unsaturated/α-hetero) is 1. The smallest absolute Gasteiger partial charge is 0.310 e. The van der Waals surface area contributed by atoms with Crippen LogP contribution in [0.3, 0.4) is 0 Å². The molecule has 0 bridgehead atoms. The molecule has 1 N–H and O–H groups in total. The lowest BCUT2D eigenvalue weighted by Crippen LogP contribution is -2.09. The second-order valence-corrected chi connectivity index (χ2v) is 2.93. The first kappa shape index (κ1) is 13.4. The number of ether oxygens (including phenoxy) is 1. The van der Waals surface area contributed by atoms with E-state index in [-0.39, 0.29) is 25.2 Å². The van der Waals surface area contributed by atoms with Crippen LogP contribution >= 0.6 is 0 Å². The number of carboxylic acid groups (broad SMARTS) is 1. The number of esters is 1. The summed E-state index contributed by atoms with van der Waals surface area (Å²) in [5, 5.41) is 8.28. The van der Waals surface area contributed by atoms with Crippen LogP contribution in [0.2, 0.25) is 0 Å². The standard InChI is InChI=1S/C10H14O5/c1-2-4-10(14)15-6-3-5-8(11)7-9(12)13/h2H,1,3-7H2,(H,12,13). The summed E-state index contributed by atoms with van der Waals surface area (Å²) in [6.07, 6.45) is 1.57. The summed E-state index contributed by atoms with van der Waals surface area (Å²) in [6, 6.07) is 0. The Morgan fingerprint density at radius 2 is 2.00 bits per heavy atom. The summed E-state index contributed by atoms with van der Waals surface area (Å²) < 4.78 is 4.73. The summed E-state index contributed by atoms with van der Waals surface area (Å²) in [7, 11) is 0. The molecule has 0 radical (unpaired) electrons. The van der Waals surface area contributed by atoms with Gasteiger partial charge in [0.05, 0.1) is 13.0 Å². The molecule has 5 heteroatoms. The summed E-state index contributed by atoms with van der Waals surface area (Å²) >= 11 is 0. The Hall–Kier alpha value is -1.65. The maximum atomic E-state index is 10.9. The van der Waals surface area contributed by atoms with Crippen LogP contribution in [0.15, 0.2) is 12.7 Å². The highest BCUT2D eigenvalue weighted by Crippen LogP contribution is 1.97. The van der Waals surface area contributed by atoms with Crippen molar-refractivity contribution in [3.63, 3.8) is 0 Å². The molecule has 0 aliphatic carbocycles. The normalized spacial score (nSPS) is 9.33. The molecule has 84 valence electrons. The van der Waals surface area contributed by atoms with Gasteiger partial charge in [-0.25, -0.2) is 0 Å². The number of carbonyl (C=O) groups excluding carboxylic acids is 2. The van der Waals surface area contributed by atoms with Crippen molar-refractivity contribution in [1.29, 1.82) is 0 Å². The Morgan fingerprint density at radius 1 is 1.33 bits per heavy atom. The maximum absolute atomic E-state index is 10.9. The summed E-state index contributed by atoms with van der Waals surface area (Å²) in [5.41, 5.74) is 0. The average Bonchev–Trinajstić information content (AvgIpc) is 2.12. The number of carboxylic acids is 1. The van der Waals surface area contributed by atoms with Gasteiger partial charge in [0.2, 0.25) is 0 Å². The molecule has 0 spiro atoms. The highest BCUT2D eigenvalue weighted by atomic mass is 16.5. The zero-order chi connectivity index (χ0) is 11.7. The second-order valence-electron chi connectivity index (χ2n) is 2.93. The van der Waals surface area contributed by atoms with Crippen molar-refractivity contribution >= 4 is 17.7 Å². The zero-order valence-electron chi connectivity index (χ0n) is 8.40. The highest BCUT2D eigenvalue weighted by molar-refractivity contribution is 5.94. The van der Waals surface area contributed by atoms with E-state index >= 15 is 0 Å². The van der Waals surface area contributed by atoms with Crippen LogP contribution in [0.25, 0.3) is 0 Å². The topological polar surface area (TPSA) is 80.7 Å². The van der Waals surface area contributed by atoms with E-state index in [0.29, 0.717) is 6.42 Å². The van der Waals surface area contributed by atoms with E-state index in [2.05, 4.69) is 6.58 Å². The molecule has 0 atom stereocenters. The lowest BCUT2D eigenvalue weighted by molar-refractivity contribution is -0.144. The quantitative estimate of drug-likeness (QED) is 0.281. The van der Waals surface area contributed by atoms with Gasteiger partial charge in [-0.3, -0.25) is 14.4 Å². The van der Waals surface area contributed by atoms with Gasteiger partial charge < -0.3 is 9.84 Å². The van der Waals surface area contributed by atoms with Crippen LogP contribution < -0.4 is 0 Å². The molecule has 0 fully saturated rings. The van der Waals surface area contributed by atoms with Gasteiger partial charge in [-0.05, 0) is 6.42 Å². The number of ketones is 1. The van der Waals surface area contributed by atoms with E-state index < -0.39 is 18.4 Å². The summed E-state index contributed by atoms with van der Waals surface area (Å²) in [4.78, 5) is 31.8. The molecular weight excluding hydrogens is 200 g/mol. The maximum Gasteiger partial charge on any atom is 0.310 e. The fourth-order valence-electron chi connectivity index (χ4n) is 0.889. The Kier molecular flexibility index (Phi) is 6.88. The molecule has 0 aromatic rings. The largest absolute Gasteiger partial charge is 0.481 e. The third-order valence-electron chi connectivity index (χ3n) is 1.52. The minimum absolute atomic E-state index is 0.119. The van der Waals surface area contributed by atoms with Gasteiger partial charge in [-0.15, -0.1) is 6.58 Å². The third kappa shape index (κ3) is 8.67. The lowest BCUT2D eigenvalue weighted by Gasteiger charge is -2.01. The van der Waals surface area contributed by atoms with Crippen molar-refractivity contribution in [2.45, 2.75) is 25.7 Å². The van der Waals surface area contributed by atoms with E-state index in [1.54, 1.807) is 0 Å². The molecule has 0 saturated carbocycles. The molecule has 0 aromatic heterocycles. The number of hydrogen-bond acceptors (Lipinski definition) is 4. The first-order valence-electron chi connectivity index (χ1n) is 4.56. The Labute approximate surface area is 87.7 Å². The molecule has 0 unspecified atom stereocenters. The van der Waals surface area contributed by atoms with E-state index in [4.69, 9.17) is 9.84 Å². The van der Waals surface area contributed by atoms with Crippen LogP contribution in [-0.4, -0.2) is 29.4 Å². The molecule has 0 aliphatic rings. The fourth-order valence-corrected chi connectivity index (χ4v) is 0.889. The Bertz CT molecular complexity index is 257. The average molecular weight is 214 g/mol. The fraction of sp³-hybridized carbons (Fsp3) is 0.500. The molecule has 0 rings (SSSR count).